The van der Waals surface area contributed by atoms with Crippen LogP contribution in [0.2, 0.25) is 0 Å². The van der Waals surface area contributed by atoms with Gasteiger partial charge in [0.25, 0.3) is 0 Å². The Morgan fingerprint density at radius 3 is 2.70 bits per heavy atom. The van der Waals surface area contributed by atoms with E-state index in [2.05, 4.69) is 15.2 Å². The van der Waals surface area contributed by atoms with Crippen molar-refractivity contribution in [2.75, 3.05) is 42.5 Å². The molecule has 2 atom stereocenters. The maximum atomic E-state index is 14.9. The van der Waals surface area contributed by atoms with E-state index in [1.54, 1.807) is 25.3 Å². The Hall–Kier alpha value is -3.20. The topological polar surface area (TPSA) is 101 Å². The van der Waals surface area contributed by atoms with Crippen LogP contribution in [0.15, 0.2) is 36.5 Å². The van der Waals surface area contributed by atoms with E-state index in [1.165, 1.54) is 11.0 Å². The van der Waals surface area contributed by atoms with Gasteiger partial charge in [-0.15, -0.1) is 0 Å². The normalized spacial score (nSPS) is 20.2. The number of amides is 2. The van der Waals surface area contributed by atoms with E-state index in [9.17, 15) is 14.0 Å². The number of cyclic esters (lactones) is 1. The number of aromatic nitrogens is 1. The lowest BCUT2D eigenvalue weighted by molar-refractivity contribution is -0.123. The molecule has 9 heteroatoms. The molecule has 158 valence electrons. The molecule has 0 saturated carbocycles. The zero-order valence-electron chi connectivity index (χ0n) is 16.7. The van der Waals surface area contributed by atoms with Crippen molar-refractivity contribution in [2.45, 2.75) is 13.0 Å². The van der Waals surface area contributed by atoms with E-state index in [0.717, 1.165) is 32.0 Å². The molecule has 2 aromatic rings. The van der Waals surface area contributed by atoms with E-state index in [4.69, 9.17) is 10.5 Å². The standard InChI is InChI=1S/C21H24FN5O3/c1-13(20(23)28)18-12-27(21(29)30-18)15-3-4-16(17(22)10-15)14-2-5-19(25-11-14)26-8-6-24-7-9-26/h2-5,10-11,13,18,24H,6-9,12H2,1H3,(H2,23,28). The molecule has 0 bridgehead atoms. The SMILES string of the molecule is CC(C(N)=O)C1CN(c2ccc(-c3ccc(N4CCNCC4)nc3)c(F)c2)C(=O)O1. The molecule has 0 aliphatic carbocycles. The van der Waals surface area contributed by atoms with Crippen molar-refractivity contribution in [1.82, 2.24) is 10.3 Å². The number of primary amides is 1. The van der Waals surface area contributed by atoms with Crippen LogP contribution >= 0.6 is 0 Å². The third-order valence-electron chi connectivity index (χ3n) is 5.61. The predicted molar refractivity (Wildman–Crippen MR) is 111 cm³/mol. The average Bonchev–Trinajstić information content (AvgIpc) is 3.15. The van der Waals surface area contributed by atoms with Crippen molar-refractivity contribution in [3.05, 3.63) is 42.3 Å². The van der Waals surface area contributed by atoms with E-state index >= 15 is 0 Å². The molecule has 2 amide bonds. The van der Waals surface area contributed by atoms with Crippen LogP contribution in [-0.4, -0.2) is 55.8 Å². The number of nitrogens with zero attached hydrogens (tertiary/aromatic N) is 3. The van der Waals surface area contributed by atoms with Crippen molar-refractivity contribution in [1.29, 1.82) is 0 Å². The molecular weight excluding hydrogens is 389 g/mol. The summed E-state index contributed by atoms with van der Waals surface area (Å²) >= 11 is 0. The minimum absolute atomic E-state index is 0.142. The molecule has 2 unspecified atom stereocenters. The summed E-state index contributed by atoms with van der Waals surface area (Å²) in [6, 6.07) is 8.29. The van der Waals surface area contributed by atoms with Gasteiger partial charge in [0.2, 0.25) is 5.91 Å². The van der Waals surface area contributed by atoms with E-state index in [1.807, 2.05) is 12.1 Å². The first-order chi connectivity index (χ1) is 14.4. The molecule has 2 aliphatic heterocycles. The van der Waals surface area contributed by atoms with Gasteiger partial charge in [0.05, 0.1) is 18.2 Å². The number of benzene rings is 1. The van der Waals surface area contributed by atoms with Gasteiger partial charge in [-0.1, -0.05) is 0 Å². The van der Waals surface area contributed by atoms with Crippen molar-refractivity contribution in [2.24, 2.45) is 11.7 Å². The summed E-state index contributed by atoms with van der Waals surface area (Å²) in [6.45, 7) is 5.34. The molecule has 3 N–H and O–H groups in total. The van der Waals surface area contributed by atoms with Crippen molar-refractivity contribution in [3.63, 3.8) is 0 Å². The number of ether oxygens (including phenoxy) is 1. The fraction of sp³-hybridized carbons (Fsp3) is 0.381. The molecule has 4 rings (SSSR count). The predicted octanol–water partition coefficient (Wildman–Crippen LogP) is 1.74. The fourth-order valence-electron chi connectivity index (χ4n) is 3.67. The second kappa shape index (κ2) is 8.27. The second-order valence-corrected chi connectivity index (χ2v) is 7.53. The molecular formula is C21H24FN5O3. The Bertz CT molecular complexity index is 946. The molecule has 1 aromatic carbocycles. The van der Waals surface area contributed by atoms with Gasteiger partial charge in [0, 0.05) is 43.5 Å². The summed E-state index contributed by atoms with van der Waals surface area (Å²) in [5.41, 5.74) is 6.71. The minimum atomic E-state index is -0.653. The molecule has 2 saturated heterocycles. The van der Waals surface area contributed by atoms with Crippen molar-refractivity contribution >= 4 is 23.5 Å². The lowest BCUT2D eigenvalue weighted by Gasteiger charge is -2.28. The monoisotopic (exact) mass is 413 g/mol. The Kier molecular flexibility index (Phi) is 5.54. The Labute approximate surface area is 173 Å². The van der Waals surface area contributed by atoms with Gasteiger partial charge < -0.3 is 20.7 Å². The van der Waals surface area contributed by atoms with Crippen LogP contribution in [0, 0.1) is 11.7 Å². The maximum absolute atomic E-state index is 14.9. The van der Waals surface area contributed by atoms with Crippen LogP contribution in [-0.2, 0) is 9.53 Å². The second-order valence-electron chi connectivity index (χ2n) is 7.53. The van der Waals surface area contributed by atoms with E-state index in [0.29, 0.717) is 16.8 Å². The molecule has 0 radical (unpaired) electrons. The minimum Gasteiger partial charge on any atom is -0.443 e. The van der Waals surface area contributed by atoms with Crippen LogP contribution < -0.4 is 20.9 Å². The van der Waals surface area contributed by atoms with E-state index < -0.39 is 29.8 Å². The number of pyridine rings is 1. The van der Waals surface area contributed by atoms with Crippen LogP contribution in [0.1, 0.15) is 6.92 Å². The van der Waals surface area contributed by atoms with Gasteiger partial charge >= 0.3 is 6.09 Å². The molecule has 2 aliphatic rings. The number of piperazine rings is 1. The summed E-state index contributed by atoms with van der Waals surface area (Å²) in [6.07, 6.45) is 0.381. The first-order valence-corrected chi connectivity index (χ1v) is 9.93. The third kappa shape index (κ3) is 3.93. The molecule has 0 spiro atoms. The number of nitrogens with one attached hydrogen (secondary N) is 1. The fourth-order valence-corrected chi connectivity index (χ4v) is 3.67. The summed E-state index contributed by atoms with van der Waals surface area (Å²) in [5.74, 6) is -0.772. The number of rotatable bonds is 5. The summed E-state index contributed by atoms with van der Waals surface area (Å²) in [5, 5.41) is 3.30. The van der Waals surface area contributed by atoms with Gasteiger partial charge in [0.15, 0.2) is 0 Å². The largest absolute Gasteiger partial charge is 0.443 e. The number of carbonyl (C=O) groups is 2. The first kappa shape index (κ1) is 20.1. The highest BCUT2D eigenvalue weighted by Gasteiger charge is 2.37. The number of halogens is 1. The molecule has 8 nitrogen and oxygen atoms in total. The molecule has 30 heavy (non-hydrogen) atoms. The van der Waals surface area contributed by atoms with Gasteiger partial charge in [-0.05, 0) is 37.3 Å². The van der Waals surface area contributed by atoms with Crippen LogP contribution in [0.25, 0.3) is 11.1 Å². The van der Waals surface area contributed by atoms with Crippen LogP contribution in [0.4, 0.5) is 20.7 Å². The smallest absolute Gasteiger partial charge is 0.414 e. The maximum Gasteiger partial charge on any atom is 0.414 e. The number of carbonyl (C=O) groups excluding carboxylic acids is 2. The summed E-state index contributed by atoms with van der Waals surface area (Å²) in [7, 11) is 0. The Morgan fingerprint density at radius 1 is 1.30 bits per heavy atom. The number of hydrogen-bond acceptors (Lipinski definition) is 6. The Morgan fingerprint density at radius 2 is 2.07 bits per heavy atom. The highest BCUT2D eigenvalue weighted by molar-refractivity contribution is 5.91. The number of hydrogen-bond donors (Lipinski definition) is 2. The quantitative estimate of drug-likeness (QED) is 0.775. The first-order valence-electron chi connectivity index (χ1n) is 9.93. The number of anilines is 2. The number of nitrogens with two attached hydrogens (primary N) is 1. The lowest BCUT2D eigenvalue weighted by Crippen LogP contribution is -2.43. The van der Waals surface area contributed by atoms with Gasteiger partial charge in [-0.2, -0.15) is 0 Å². The van der Waals surface area contributed by atoms with Gasteiger partial charge in [-0.25, -0.2) is 14.2 Å². The summed E-state index contributed by atoms with van der Waals surface area (Å²) < 4.78 is 20.1. The van der Waals surface area contributed by atoms with Crippen molar-refractivity contribution in [3.8, 4) is 11.1 Å². The molecule has 3 heterocycles. The molecule has 1 aromatic heterocycles. The Balaban J connectivity index is 1.51. The van der Waals surface area contributed by atoms with E-state index in [-0.39, 0.29) is 6.54 Å². The highest BCUT2D eigenvalue weighted by Crippen LogP contribution is 2.30. The van der Waals surface area contributed by atoms with Crippen LogP contribution in [0.3, 0.4) is 0 Å². The lowest BCUT2D eigenvalue weighted by atomic mass is 10.0. The zero-order chi connectivity index (χ0) is 21.3. The average molecular weight is 413 g/mol. The third-order valence-corrected chi connectivity index (χ3v) is 5.61. The van der Waals surface area contributed by atoms with Crippen LogP contribution in [0.5, 0.6) is 0 Å². The highest BCUT2D eigenvalue weighted by atomic mass is 19.1. The summed E-state index contributed by atoms with van der Waals surface area (Å²) in [4.78, 5) is 31.5. The molecule has 2 fully saturated rings. The van der Waals surface area contributed by atoms with Gasteiger partial charge in [0.1, 0.15) is 17.7 Å². The van der Waals surface area contributed by atoms with Gasteiger partial charge in [-0.3, -0.25) is 9.69 Å². The zero-order valence-corrected chi connectivity index (χ0v) is 16.7. The van der Waals surface area contributed by atoms with Crippen molar-refractivity contribution < 1.29 is 18.7 Å².